The van der Waals surface area contributed by atoms with E-state index in [1.165, 1.54) is 5.56 Å². The van der Waals surface area contributed by atoms with Crippen molar-refractivity contribution < 1.29 is 9.53 Å². The summed E-state index contributed by atoms with van der Waals surface area (Å²) in [4.78, 5) is 11.4. The number of aryl methyl sites for hydroxylation is 2. The van der Waals surface area contributed by atoms with Crippen LogP contribution >= 0.6 is 0 Å². The van der Waals surface area contributed by atoms with Crippen LogP contribution < -0.4 is 4.74 Å². The highest BCUT2D eigenvalue weighted by atomic mass is 16.5. The molecule has 1 rings (SSSR count). The molecule has 0 unspecified atom stereocenters. The van der Waals surface area contributed by atoms with Gasteiger partial charge in [0.2, 0.25) is 0 Å². The third kappa shape index (κ3) is 4.17. The highest BCUT2D eigenvalue weighted by Crippen LogP contribution is 2.24. The Balaban J connectivity index is 2.43. The fourth-order valence-electron chi connectivity index (χ4n) is 1.74. The Morgan fingerprint density at radius 3 is 2.56 bits per heavy atom. The number of ether oxygens (including phenoxy) is 1. The lowest BCUT2D eigenvalue weighted by atomic mass is 9.84. The van der Waals surface area contributed by atoms with E-state index in [9.17, 15) is 4.79 Å². The summed E-state index contributed by atoms with van der Waals surface area (Å²) in [6, 6.07) is 6.22. The number of Topliss-reactive ketones (excluding diaryl/α,β-unsaturated/α-hetero) is 1. The van der Waals surface area contributed by atoms with Crippen molar-refractivity contribution in [2.45, 2.75) is 47.5 Å². The largest absolute Gasteiger partial charge is 0.493 e. The number of ketones is 1. The van der Waals surface area contributed by atoms with Crippen molar-refractivity contribution >= 4 is 5.78 Å². The van der Waals surface area contributed by atoms with Crippen molar-refractivity contribution in [2.24, 2.45) is 5.41 Å². The van der Waals surface area contributed by atoms with E-state index in [-0.39, 0.29) is 11.2 Å². The van der Waals surface area contributed by atoms with Gasteiger partial charge in [0, 0.05) is 5.41 Å². The second-order valence-electron chi connectivity index (χ2n) is 5.66. The number of carbonyl (C=O) groups is 1. The predicted molar refractivity (Wildman–Crippen MR) is 75.1 cm³/mol. The third-order valence-electron chi connectivity index (χ3n) is 3.50. The van der Waals surface area contributed by atoms with E-state index < -0.39 is 0 Å². The first kappa shape index (κ1) is 14.7. The molecule has 0 fully saturated rings. The summed E-state index contributed by atoms with van der Waals surface area (Å²) >= 11 is 0. The van der Waals surface area contributed by atoms with Crippen LogP contribution in [0.1, 0.15) is 44.7 Å². The lowest BCUT2D eigenvalue weighted by Crippen LogP contribution is -2.21. The van der Waals surface area contributed by atoms with Crippen molar-refractivity contribution in [2.75, 3.05) is 6.61 Å². The zero-order valence-corrected chi connectivity index (χ0v) is 12.2. The highest BCUT2D eigenvalue weighted by Gasteiger charge is 2.22. The second kappa shape index (κ2) is 6.03. The maximum Gasteiger partial charge on any atom is 0.135 e. The first-order valence-electron chi connectivity index (χ1n) is 6.54. The molecule has 0 heterocycles. The predicted octanol–water partition coefficient (Wildman–Crippen LogP) is 4.08. The van der Waals surface area contributed by atoms with Gasteiger partial charge in [-0.15, -0.1) is 0 Å². The van der Waals surface area contributed by atoms with Gasteiger partial charge in [-0.3, -0.25) is 4.79 Å². The van der Waals surface area contributed by atoms with Crippen LogP contribution in [0.5, 0.6) is 5.75 Å². The molecule has 0 spiro atoms. The van der Waals surface area contributed by atoms with Crippen molar-refractivity contribution in [3.63, 3.8) is 0 Å². The minimum atomic E-state index is -0.231. The molecule has 0 N–H and O–H groups in total. The highest BCUT2D eigenvalue weighted by molar-refractivity contribution is 5.81. The van der Waals surface area contributed by atoms with Crippen molar-refractivity contribution in [3.8, 4) is 5.75 Å². The van der Waals surface area contributed by atoms with E-state index in [1.54, 1.807) is 6.92 Å². The Hall–Kier alpha value is -1.31. The third-order valence-corrected chi connectivity index (χ3v) is 3.50. The van der Waals surface area contributed by atoms with Crippen LogP contribution in [-0.4, -0.2) is 12.4 Å². The van der Waals surface area contributed by atoms with Gasteiger partial charge in [-0.2, -0.15) is 0 Å². The Kier molecular flexibility index (Phi) is 4.94. The Morgan fingerprint density at radius 1 is 1.28 bits per heavy atom. The van der Waals surface area contributed by atoms with Gasteiger partial charge in [0.05, 0.1) is 6.61 Å². The van der Waals surface area contributed by atoms with Crippen molar-refractivity contribution in [1.29, 1.82) is 0 Å². The van der Waals surface area contributed by atoms with Crippen LogP contribution in [-0.2, 0) is 4.79 Å². The zero-order valence-electron chi connectivity index (χ0n) is 12.2. The molecule has 0 saturated carbocycles. The molecule has 0 radical (unpaired) electrons. The first-order valence-corrected chi connectivity index (χ1v) is 6.54. The Morgan fingerprint density at radius 2 is 1.94 bits per heavy atom. The lowest BCUT2D eigenvalue weighted by Gasteiger charge is -2.20. The monoisotopic (exact) mass is 248 g/mol. The Labute approximate surface area is 110 Å². The van der Waals surface area contributed by atoms with E-state index in [4.69, 9.17) is 4.74 Å². The SMILES string of the molecule is CC(=O)C(C)(C)CCCOc1cc(C)ccc1C. The molecule has 0 saturated heterocycles. The van der Waals surface area contributed by atoms with Gasteiger partial charge in [0.1, 0.15) is 11.5 Å². The maximum atomic E-state index is 11.4. The Bertz CT molecular complexity index is 419. The average Bonchev–Trinajstić information content (AvgIpc) is 2.28. The normalized spacial score (nSPS) is 11.4. The fraction of sp³-hybridized carbons (Fsp3) is 0.562. The standard InChI is InChI=1S/C16H24O2/c1-12-7-8-13(2)15(11-12)18-10-6-9-16(4,5)14(3)17/h7-8,11H,6,9-10H2,1-5H3. The molecule has 18 heavy (non-hydrogen) atoms. The van der Waals surface area contributed by atoms with Gasteiger partial charge in [0.15, 0.2) is 0 Å². The molecule has 1 aromatic rings. The van der Waals surface area contributed by atoms with Crippen LogP contribution in [0.3, 0.4) is 0 Å². The summed E-state index contributed by atoms with van der Waals surface area (Å²) in [7, 11) is 0. The average molecular weight is 248 g/mol. The van der Waals surface area contributed by atoms with Crippen LogP contribution in [0.15, 0.2) is 18.2 Å². The quantitative estimate of drug-likeness (QED) is 0.709. The number of carbonyl (C=O) groups excluding carboxylic acids is 1. The van der Waals surface area contributed by atoms with Gasteiger partial charge in [-0.25, -0.2) is 0 Å². The topological polar surface area (TPSA) is 26.3 Å². The van der Waals surface area contributed by atoms with Crippen LogP contribution in [0.25, 0.3) is 0 Å². The minimum absolute atomic E-state index is 0.231. The van der Waals surface area contributed by atoms with Crippen LogP contribution in [0, 0.1) is 19.3 Å². The molecule has 100 valence electrons. The first-order chi connectivity index (χ1) is 8.33. The number of hydrogen-bond donors (Lipinski definition) is 0. The summed E-state index contributed by atoms with van der Waals surface area (Å²) in [6.45, 7) is 10.4. The summed E-state index contributed by atoms with van der Waals surface area (Å²) in [6.07, 6.45) is 1.77. The fourth-order valence-corrected chi connectivity index (χ4v) is 1.74. The molecule has 2 nitrogen and oxygen atoms in total. The lowest BCUT2D eigenvalue weighted by molar-refractivity contribution is -0.125. The van der Waals surface area contributed by atoms with Gasteiger partial charge in [-0.05, 0) is 50.8 Å². The molecule has 0 atom stereocenters. The van der Waals surface area contributed by atoms with E-state index in [1.807, 2.05) is 20.8 Å². The molecule has 0 amide bonds. The molecule has 1 aromatic carbocycles. The van der Waals surface area contributed by atoms with E-state index in [0.29, 0.717) is 6.61 Å². The minimum Gasteiger partial charge on any atom is -0.493 e. The summed E-state index contributed by atoms with van der Waals surface area (Å²) < 4.78 is 5.78. The van der Waals surface area contributed by atoms with E-state index in [0.717, 1.165) is 24.2 Å². The van der Waals surface area contributed by atoms with E-state index >= 15 is 0 Å². The molecule has 0 aliphatic carbocycles. The number of rotatable bonds is 6. The van der Waals surface area contributed by atoms with E-state index in [2.05, 4.69) is 25.1 Å². The maximum absolute atomic E-state index is 11.4. The van der Waals surface area contributed by atoms with Crippen molar-refractivity contribution in [1.82, 2.24) is 0 Å². The van der Waals surface area contributed by atoms with Crippen molar-refractivity contribution in [3.05, 3.63) is 29.3 Å². The second-order valence-corrected chi connectivity index (χ2v) is 5.66. The number of benzene rings is 1. The molecule has 0 aliphatic heterocycles. The van der Waals surface area contributed by atoms with Crippen LogP contribution in [0.2, 0.25) is 0 Å². The smallest absolute Gasteiger partial charge is 0.135 e. The summed E-state index contributed by atoms with van der Waals surface area (Å²) in [5.74, 6) is 1.20. The molecule has 0 bridgehead atoms. The van der Waals surface area contributed by atoms with Crippen LogP contribution in [0.4, 0.5) is 0 Å². The number of hydrogen-bond acceptors (Lipinski definition) is 2. The summed E-state index contributed by atoms with van der Waals surface area (Å²) in [5.41, 5.74) is 2.14. The van der Waals surface area contributed by atoms with Gasteiger partial charge >= 0.3 is 0 Å². The van der Waals surface area contributed by atoms with Gasteiger partial charge in [-0.1, -0.05) is 26.0 Å². The summed E-state index contributed by atoms with van der Waals surface area (Å²) in [5, 5.41) is 0. The molecule has 2 heteroatoms. The molecule has 0 aliphatic rings. The van der Waals surface area contributed by atoms with Gasteiger partial charge < -0.3 is 4.74 Å². The zero-order chi connectivity index (χ0) is 13.8. The van der Waals surface area contributed by atoms with Gasteiger partial charge in [0.25, 0.3) is 0 Å². The molecular formula is C16H24O2. The molecular weight excluding hydrogens is 224 g/mol. The molecule has 0 aromatic heterocycles.